The maximum atomic E-state index is 14.2. The molecule has 3 rings (SSSR count). The summed E-state index contributed by atoms with van der Waals surface area (Å²) in [4.78, 5) is 20.1. The first-order valence-corrected chi connectivity index (χ1v) is 10.1. The van der Waals surface area contributed by atoms with Crippen LogP contribution in [0.5, 0.6) is 0 Å². The Labute approximate surface area is 176 Å². The second-order valence-electron chi connectivity index (χ2n) is 9.08. The van der Waals surface area contributed by atoms with E-state index in [4.69, 9.17) is 4.84 Å². The molecule has 0 saturated carbocycles. The summed E-state index contributed by atoms with van der Waals surface area (Å²) in [5.74, 6) is -1.40. The number of carbonyl (C=O) groups is 1. The zero-order valence-electron chi connectivity index (χ0n) is 17.9. The molecule has 0 N–H and O–H groups in total. The van der Waals surface area contributed by atoms with Gasteiger partial charge in [-0.25, -0.2) is 8.78 Å². The van der Waals surface area contributed by atoms with Crippen LogP contribution in [0.2, 0.25) is 0 Å². The first kappa shape index (κ1) is 21.9. The van der Waals surface area contributed by atoms with Crippen LogP contribution in [0.3, 0.4) is 0 Å². The number of hydrogen-bond acceptors (Lipinski definition) is 3. The maximum Gasteiger partial charge on any atom is 0.223 e. The van der Waals surface area contributed by atoms with Crippen LogP contribution >= 0.6 is 0 Å². The van der Waals surface area contributed by atoms with Crippen molar-refractivity contribution in [2.75, 3.05) is 6.54 Å². The number of halogens is 2. The van der Waals surface area contributed by atoms with E-state index in [2.05, 4.69) is 5.16 Å². The van der Waals surface area contributed by atoms with E-state index in [-0.39, 0.29) is 36.1 Å². The normalized spacial score (nSPS) is 16.2. The first-order chi connectivity index (χ1) is 14.1. The summed E-state index contributed by atoms with van der Waals surface area (Å²) in [5, 5.41) is 4.20. The number of aryl methyl sites for hydroxylation is 1. The van der Waals surface area contributed by atoms with Crippen molar-refractivity contribution in [3.05, 3.63) is 70.8 Å². The molecule has 0 unspecified atom stereocenters. The number of benzene rings is 2. The highest BCUT2D eigenvalue weighted by atomic mass is 19.1. The van der Waals surface area contributed by atoms with Crippen LogP contribution in [0.15, 0.2) is 47.6 Å². The van der Waals surface area contributed by atoms with Gasteiger partial charge in [0.25, 0.3) is 0 Å². The zero-order valence-corrected chi connectivity index (χ0v) is 17.9. The van der Waals surface area contributed by atoms with E-state index < -0.39 is 11.6 Å². The molecule has 0 saturated heterocycles. The standard InChI is InChI=1S/C24H28F2N2O2/c1-16-5-7-17(8-6-16)22-12-20(30-27-22)15-28(23(29)13-24(2,3)4)14-18-9-10-19(25)11-21(18)26/h5-11,20H,12-15H2,1-4H3/t20-/m1/s1. The van der Waals surface area contributed by atoms with Crippen molar-refractivity contribution >= 4 is 11.6 Å². The van der Waals surface area contributed by atoms with Crippen LogP contribution in [-0.2, 0) is 16.2 Å². The lowest BCUT2D eigenvalue weighted by Crippen LogP contribution is -2.39. The maximum absolute atomic E-state index is 14.2. The summed E-state index contributed by atoms with van der Waals surface area (Å²) in [7, 11) is 0. The molecule has 4 nitrogen and oxygen atoms in total. The highest BCUT2D eigenvalue weighted by Gasteiger charge is 2.29. The first-order valence-electron chi connectivity index (χ1n) is 10.1. The molecule has 1 amide bonds. The lowest BCUT2D eigenvalue weighted by atomic mass is 9.91. The molecular formula is C24H28F2N2O2. The number of amides is 1. The van der Waals surface area contributed by atoms with E-state index >= 15 is 0 Å². The Balaban J connectivity index is 1.72. The second-order valence-corrected chi connectivity index (χ2v) is 9.08. The molecule has 0 fully saturated rings. The lowest BCUT2D eigenvalue weighted by molar-refractivity contribution is -0.135. The monoisotopic (exact) mass is 414 g/mol. The van der Waals surface area contributed by atoms with Gasteiger partial charge in [0.1, 0.15) is 11.6 Å². The van der Waals surface area contributed by atoms with E-state index in [1.54, 1.807) is 4.90 Å². The van der Waals surface area contributed by atoms with E-state index in [1.807, 2.05) is 52.0 Å². The van der Waals surface area contributed by atoms with Crippen molar-refractivity contribution in [3.63, 3.8) is 0 Å². The van der Waals surface area contributed by atoms with Crippen molar-refractivity contribution in [1.29, 1.82) is 0 Å². The van der Waals surface area contributed by atoms with Gasteiger partial charge in [0, 0.05) is 31.0 Å². The van der Waals surface area contributed by atoms with Crippen molar-refractivity contribution in [2.45, 2.75) is 53.2 Å². The summed E-state index contributed by atoms with van der Waals surface area (Å²) >= 11 is 0. The minimum atomic E-state index is -0.660. The zero-order chi connectivity index (χ0) is 21.9. The minimum Gasteiger partial charge on any atom is -0.390 e. The molecule has 2 aromatic carbocycles. The average Bonchev–Trinajstić information content (AvgIpc) is 3.11. The Bertz CT molecular complexity index is 933. The van der Waals surface area contributed by atoms with Crippen molar-refractivity contribution in [2.24, 2.45) is 10.6 Å². The Morgan fingerprint density at radius 2 is 1.87 bits per heavy atom. The van der Waals surface area contributed by atoms with Gasteiger partial charge in [-0.2, -0.15) is 0 Å². The van der Waals surface area contributed by atoms with Crippen LogP contribution in [0, 0.1) is 24.0 Å². The third-order valence-electron chi connectivity index (χ3n) is 4.95. The minimum absolute atomic E-state index is 0.0563. The van der Waals surface area contributed by atoms with Gasteiger partial charge in [0.05, 0.1) is 12.3 Å². The smallest absolute Gasteiger partial charge is 0.223 e. The molecular weight excluding hydrogens is 386 g/mol. The third kappa shape index (κ3) is 5.88. The summed E-state index contributed by atoms with van der Waals surface area (Å²) in [6.45, 7) is 8.29. The number of hydrogen-bond donors (Lipinski definition) is 0. The number of carbonyl (C=O) groups excluding carboxylic acids is 1. The molecule has 160 valence electrons. The predicted octanol–water partition coefficient (Wildman–Crippen LogP) is 5.23. The number of oxime groups is 1. The van der Waals surface area contributed by atoms with E-state index in [9.17, 15) is 13.6 Å². The SMILES string of the molecule is Cc1ccc(C2=NO[C@@H](CN(Cc3ccc(F)cc3F)C(=O)CC(C)(C)C)C2)cc1. The van der Waals surface area contributed by atoms with E-state index in [1.165, 1.54) is 12.1 Å². The molecule has 1 atom stereocenters. The summed E-state index contributed by atoms with van der Waals surface area (Å²) < 4.78 is 27.5. The van der Waals surface area contributed by atoms with Crippen molar-refractivity contribution < 1.29 is 18.4 Å². The van der Waals surface area contributed by atoms with Crippen LogP contribution in [-0.4, -0.2) is 29.2 Å². The highest BCUT2D eigenvalue weighted by Crippen LogP contribution is 2.24. The Hall–Kier alpha value is -2.76. The van der Waals surface area contributed by atoms with Crippen LogP contribution in [0.4, 0.5) is 8.78 Å². The molecule has 0 aromatic heterocycles. The van der Waals surface area contributed by atoms with Crippen molar-refractivity contribution in [1.82, 2.24) is 4.90 Å². The largest absolute Gasteiger partial charge is 0.390 e. The molecule has 0 bridgehead atoms. The number of nitrogens with zero attached hydrogens (tertiary/aromatic N) is 2. The molecule has 30 heavy (non-hydrogen) atoms. The molecule has 1 aliphatic heterocycles. The van der Waals surface area contributed by atoms with Crippen LogP contribution in [0.25, 0.3) is 0 Å². The highest BCUT2D eigenvalue weighted by molar-refractivity contribution is 6.01. The molecule has 6 heteroatoms. The quantitative estimate of drug-likeness (QED) is 0.649. The lowest BCUT2D eigenvalue weighted by Gasteiger charge is -2.28. The van der Waals surface area contributed by atoms with Gasteiger partial charge < -0.3 is 9.74 Å². The fourth-order valence-corrected chi connectivity index (χ4v) is 3.36. The van der Waals surface area contributed by atoms with E-state index in [0.717, 1.165) is 22.9 Å². The van der Waals surface area contributed by atoms with Gasteiger partial charge in [0.2, 0.25) is 5.91 Å². The fraction of sp³-hybridized carbons (Fsp3) is 0.417. The van der Waals surface area contributed by atoms with Gasteiger partial charge in [-0.3, -0.25) is 4.79 Å². The molecule has 0 spiro atoms. The average molecular weight is 414 g/mol. The number of rotatable bonds is 6. The van der Waals surface area contributed by atoms with Gasteiger partial charge in [0.15, 0.2) is 6.10 Å². The van der Waals surface area contributed by atoms with Crippen molar-refractivity contribution in [3.8, 4) is 0 Å². The second kappa shape index (κ2) is 8.94. The molecule has 2 aromatic rings. The topological polar surface area (TPSA) is 41.9 Å². The Morgan fingerprint density at radius 3 is 2.50 bits per heavy atom. The molecule has 0 aliphatic carbocycles. The summed E-state index contributed by atoms with van der Waals surface area (Å²) in [6, 6.07) is 11.4. The fourth-order valence-electron chi connectivity index (χ4n) is 3.36. The Morgan fingerprint density at radius 1 is 1.17 bits per heavy atom. The molecule has 1 aliphatic rings. The van der Waals surface area contributed by atoms with Crippen LogP contribution < -0.4 is 0 Å². The molecule has 1 heterocycles. The third-order valence-corrected chi connectivity index (χ3v) is 4.95. The summed E-state index contributed by atoms with van der Waals surface area (Å²) in [5.41, 5.74) is 3.04. The van der Waals surface area contributed by atoms with Gasteiger partial charge in [-0.05, 0) is 24.0 Å². The van der Waals surface area contributed by atoms with E-state index in [0.29, 0.717) is 12.8 Å². The van der Waals surface area contributed by atoms with Gasteiger partial charge in [-0.15, -0.1) is 0 Å². The Kier molecular flexibility index (Phi) is 6.54. The summed E-state index contributed by atoms with van der Waals surface area (Å²) in [6.07, 6.45) is 0.566. The van der Waals surface area contributed by atoms with Crippen LogP contribution in [0.1, 0.15) is 50.3 Å². The van der Waals surface area contributed by atoms with Gasteiger partial charge in [-0.1, -0.05) is 61.8 Å². The predicted molar refractivity (Wildman–Crippen MR) is 113 cm³/mol. The molecule has 0 radical (unpaired) electrons. The van der Waals surface area contributed by atoms with Gasteiger partial charge >= 0.3 is 0 Å².